The quantitative estimate of drug-likeness (QED) is 0.406. The van der Waals surface area contributed by atoms with Crippen molar-refractivity contribution in [2.75, 3.05) is 7.11 Å². The molecular weight excluding hydrogens is 386 g/mol. The molecule has 0 atom stereocenters. The van der Waals surface area contributed by atoms with Crippen LogP contribution in [-0.2, 0) is 16.0 Å². The summed E-state index contributed by atoms with van der Waals surface area (Å²) < 4.78 is 5.07. The molecule has 2 amide bonds. The zero-order valence-electron chi connectivity index (χ0n) is 14.5. The molecule has 0 aliphatic carbocycles. The Morgan fingerprint density at radius 1 is 1.07 bits per heavy atom. The molecule has 0 heterocycles. The zero-order chi connectivity index (χ0) is 19.6. The number of carbonyl (C=O) groups is 2. The van der Waals surface area contributed by atoms with Crippen molar-refractivity contribution in [1.82, 2.24) is 16.2 Å². The maximum atomic E-state index is 11.8. The first kappa shape index (κ1) is 20.4. The maximum absolute atomic E-state index is 11.8. The van der Waals surface area contributed by atoms with Gasteiger partial charge in [-0.05, 0) is 53.7 Å². The van der Waals surface area contributed by atoms with Crippen LogP contribution < -0.4 is 20.9 Å². The second-order valence-electron chi connectivity index (χ2n) is 5.40. The van der Waals surface area contributed by atoms with Gasteiger partial charge in [-0.3, -0.25) is 25.8 Å². The molecule has 27 heavy (non-hydrogen) atoms. The zero-order valence-corrected chi connectivity index (χ0v) is 16.1. The van der Waals surface area contributed by atoms with E-state index in [1.807, 2.05) is 12.1 Å². The number of carbonyl (C=O) groups excluding carboxylic acids is 2. The van der Waals surface area contributed by atoms with Crippen LogP contribution >= 0.6 is 23.8 Å². The van der Waals surface area contributed by atoms with E-state index >= 15 is 0 Å². The van der Waals surface area contributed by atoms with E-state index in [0.717, 1.165) is 16.9 Å². The van der Waals surface area contributed by atoms with Crippen LogP contribution in [0, 0.1) is 0 Å². The van der Waals surface area contributed by atoms with Gasteiger partial charge in [-0.2, -0.15) is 0 Å². The topological polar surface area (TPSA) is 79.5 Å². The minimum absolute atomic E-state index is 0.0103. The monoisotopic (exact) mass is 403 g/mol. The van der Waals surface area contributed by atoms with Gasteiger partial charge in [-0.1, -0.05) is 35.9 Å². The summed E-state index contributed by atoms with van der Waals surface area (Å²) in [6.45, 7) is 0. The lowest BCUT2D eigenvalue weighted by atomic mass is 10.1. The molecule has 0 saturated heterocycles. The van der Waals surface area contributed by atoms with Gasteiger partial charge in [0.2, 0.25) is 11.8 Å². The van der Waals surface area contributed by atoms with E-state index in [1.54, 1.807) is 49.6 Å². The maximum Gasteiger partial charge on any atom is 0.250 e. The second kappa shape index (κ2) is 10.3. The number of hydrogen-bond acceptors (Lipinski definition) is 4. The third-order valence-electron chi connectivity index (χ3n) is 3.37. The number of nitrogens with one attached hydrogen (secondary N) is 3. The van der Waals surface area contributed by atoms with E-state index in [-0.39, 0.29) is 17.4 Å². The Labute approximate surface area is 167 Å². The van der Waals surface area contributed by atoms with E-state index in [2.05, 4.69) is 16.2 Å². The predicted octanol–water partition coefficient (Wildman–Crippen LogP) is 2.63. The lowest BCUT2D eigenvalue weighted by Crippen LogP contribution is -2.48. The van der Waals surface area contributed by atoms with Crippen LogP contribution in [0.15, 0.2) is 54.6 Å². The molecule has 8 heteroatoms. The first-order chi connectivity index (χ1) is 13.0. The van der Waals surface area contributed by atoms with Crippen LogP contribution in [-0.4, -0.2) is 24.0 Å². The molecule has 0 aromatic heterocycles. The lowest BCUT2D eigenvalue weighted by Gasteiger charge is -2.09. The summed E-state index contributed by atoms with van der Waals surface area (Å²) in [4.78, 5) is 23.7. The van der Waals surface area contributed by atoms with Gasteiger partial charge in [0.15, 0.2) is 5.11 Å². The summed E-state index contributed by atoms with van der Waals surface area (Å²) in [6, 6.07) is 14.1. The number of hydrogen-bond donors (Lipinski definition) is 3. The van der Waals surface area contributed by atoms with E-state index in [0.29, 0.717) is 5.02 Å². The molecule has 0 aliphatic heterocycles. The molecule has 2 rings (SSSR count). The first-order valence-corrected chi connectivity index (χ1v) is 8.71. The third kappa shape index (κ3) is 7.47. The van der Waals surface area contributed by atoms with Crippen molar-refractivity contribution in [2.24, 2.45) is 0 Å². The minimum Gasteiger partial charge on any atom is -0.497 e. The van der Waals surface area contributed by atoms with Crippen LogP contribution in [0.1, 0.15) is 11.1 Å². The highest BCUT2D eigenvalue weighted by Crippen LogP contribution is 2.12. The Kier molecular flexibility index (Phi) is 7.79. The lowest BCUT2D eigenvalue weighted by molar-refractivity contribution is -0.121. The Bertz CT molecular complexity index is 836. The molecule has 0 radical (unpaired) electrons. The normalized spacial score (nSPS) is 10.3. The van der Waals surface area contributed by atoms with Crippen molar-refractivity contribution in [3.8, 4) is 5.75 Å². The SMILES string of the molecule is COc1ccc(C=CC(=O)NC(=S)NNC(=O)Cc2ccc(Cl)cc2)cc1. The minimum atomic E-state index is -0.421. The number of methoxy groups -OCH3 is 1. The van der Waals surface area contributed by atoms with Crippen molar-refractivity contribution < 1.29 is 14.3 Å². The fourth-order valence-corrected chi connectivity index (χ4v) is 2.31. The van der Waals surface area contributed by atoms with Gasteiger partial charge in [0.1, 0.15) is 5.75 Å². The van der Waals surface area contributed by atoms with E-state index in [9.17, 15) is 9.59 Å². The van der Waals surface area contributed by atoms with Gasteiger partial charge in [0, 0.05) is 11.1 Å². The van der Waals surface area contributed by atoms with E-state index < -0.39 is 5.91 Å². The van der Waals surface area contributed by atoms with Crippen LogP contribution in [0.25, 0.3) is 6.08 Å². The molecule has 0 saturated carbocycles. The highest BCUT2D eigenvalue weighted by Gasteiger charge is 2.05. The van der Waals surface area contributed by atoms with E-state index in [1.165, 1.54) is 6.08 Å². The highest BCUT2D eigenvalue weighted by molar-refractivity contribution is 7.80. The van der Waals surface area contributed by atoms with Gasteiger partial charge < -0.3 is 4.74 Å². The highest BCUT2D eigenvalue weighted by atomic mass is 35.5. The molecule has 0 unspecified atom stereocenters. The molecule has 2 aromatic carbocycles. The van der Waals surface area contributed by atoms with Gasteiger partial charge >= 0.3 is 0 Å². The standard InChI is InChI=1S/C19H18ClN3O3S/c1-26-16-9-4-13(5-10-16)6-11-17(24)21-19(27)23-22-18(25)12-14-2-7-15(20)8-3-14/h2-11H,12H2,1H3,(H,22,25)(H2,21,23,24,27). The molecule has 140 valence electrons. The number of hydrazine groups is 1. The smallest absolute Gasteiger partial charge is 0.250 e. The summed E-state index contributed by atoms with van der Waals surface area (Å²) in [7, 11) is 1.58. The molecule has 3 N–H and O–H groups in total. The Hall–Kier alpha value is -2.90. The van der Waals surface area contributed by atoms with Gasteiger partial charge in [-0.15, -0.1) is 0 Å². The van der Waals surface area contributed by atoms with Crippen molar-refractivity contribution in [3.63, 3.8) is 0 Å². The van der Waals surface area contributed by atoms with Crippen LogP contribution in [0.3, 0.4) is 0 Å². The van der Waals surface area contributed by atoms with E-state index in [4.69, 9.17) is 28.6 Å². The van der Waals surface area contributed by atoms with Crippen molar-refractivity contribution in [2.45, 2.75) is 6.42 Å². The summed E-state index contributed by atoms with van der Waals surface area (Å²) in [5.74, 6) is 0.00860. The Morgan fingerprint density at radius 2 is 1.74 bits per heavy atom. The molecule has 0 aliphatic rings. The number of benzene rings is 2. The average Bonchev–Trinajstić information content (AvgIpc) is 2.67. The van der Waals surface area contributed by atoms with Crippen LogP contribution in [0.4, 0.5) is 0 Å². The fourth-order valence-electron chi connectivity index (χ4n) is 2.03. The van der Waals surface area contributed by atoms with Crippen molar-refractivity contribution in [1.29, 1.82) is 0 Å². The summed E-state index contributed by atoms with van der Waals surface area (Å²) in [6.07, 6.45) is 3.12. The summed E-state index contributed by atoms with van der Waals surface area (Å²) >= 11 is 10.8. The van der Waals surface area contributed by atoms with Gasteiger partial charge in [0.05, 0.1) is 13.5 Å². The molecule has 6 nitrogen and oxygen atoms in total. The predicted molar refractivity (Wildman–Crippen MR) is 109 cm³/mol. The van der Waals surface area contributed by atoms with Crippen molar-refractivity contribution >= 4 is 46.8 Å². The molecule has 0 bridgehead atoms. The first-order valence-electron chi connectivity index (χ1n) is 7.92. The molecular formula is C19H18ClN3O3S. The molecule has 2 aromatic rings. The van der Waals surface area contributed by atoms with Crippen molar-refractivity contribution in [3.05, 3.63) is 70.8 Å². The average molecular weight is 404 g/mol. The number of ether oxygens (including phenoxy) is 1. The van der Waals surface area contributed by atoms with Crippen LogP contribution in [0.5, 0.6) is 5.75 Å². The van der Waals surface area contributed by atoms with Gasteiger partial charge in [-0.25, -0.2) is 0 Å². The largest absolute Gasteiger partial charge is 0.497 e. The number of amides is 2. The number of rotatable bonds is 5. The summed E-state index contributed by atoms with van der Waals surface area (Å²) in [5, 5.41) is 3.03. The third-order valence-corrected chi connectivity index (χ3v) is 3.83. The van der Waals surface area contributed by atoms with Crippen LogP contribution in [0.2, 0.25) is 5.02 Å². The Morgan fingerprint density at radius 3 is 2.37 bits per heavy atom. The number of thiocarbonyl (C=S) groups is 1. The summed E-state index contributed by atoms with van der Waals surface area (Å²) in [5.41, 5.74) is 6.54. The van der Waals surface area contributed by atoms with Gasteiger partial charge in [0.25, 0.3) is 0 Å². The second-order valence-corrected chi connectivity index (χ2v) is 6.25. The Balaban J connectivity index is 1.73. The molecule has 0 fully saturated rings. The molecule has 0 spiro atoms. The fraction of sp³-hybridized carbons (Fsp3) is 0.105. The number of halogens is 1.